The predicted molar refractivity (Wildman–Crippen MR) is 73.7 cm³/mol. The fourth-order valence-corrected chi connectivity index (χ4v) is 2.13. The fourth-order valence-electron chi connectivity index (χ4n) is 2.13. The van der Waals surface area contributed by atoms with Crippen LogP contribution in [0.5, 0.6) is 0 Å². The number of hydrogen-bond donors (Lipinski definition) is 0. The van der Waals surface area contributed by atoms with E-state index in [-0.39, 0.29) is 5.65 Å². The van der Waals surface area contributed by atoms with Gasteiger partial charge in [0, 0.05) is 23.9 Å². The maximum absolute atomic E-state index is 12.7. The number of aromatic nitrogens is 3. The topological polar surface area (TPSA) is 48.7 Å². The molecule has 1 saturated heterocycles. The van der Waals surface area contributed by atoms with E-state index in [2.05, 4.69) is 10.1 Å². The largest absolute Gasteiger partial charge is 0.498 e. The Hall–Kier alpha value is -1.61. The highest BCUT2D eigenvalue weighted by Crippen LogP contribution is 2.36. The summed E-state index contributed by atoms with van der Waals surface area (Å²) >= 11 is 0. The van der Waals surface area contributed by atoms with Crippen molar-refractivity contribution in [3.63, 3.8) is 0 Å². The molecule has 5 nitrogen and oxygen atoms in total. The van der Waals surface area contributed by atoms with Crippen molar-refractivity contribution in [3.8, 4) is 0 Å². The lowest BCUT2D eigenvalue weighted by molar-refractivity contribution is -0.141. The third kappa shape index (κ3) is 2.38. The van der Waals surface area contributed by atoms with Crippen LogP contribution < -0.4 is 5.46 Å². The minimum atomic E-state index is -4.50. The molecule has 2 aromatic heterocycles. The zero-order chi connectivity index (χ0) is 16.3. The van der Waals surface area contributed by atoms with Gasteiger partial charge in [-0.1, -0.05) is 0 Å². The maximum atomic E-state index is 12.7. The Labute approximate surface area is 125 Å². The van der Waals surface area contributed by atoms with Crippen molar-refractivity contribution in [2.24, 2.45) is 0 Å². The molecule has 3 rings (SSSR count). The standard InChI is InChI=1S/C13H15BF3N3O2/c1-11(2)12(3,4)22-14(21-11)8-6-18-10-5-9(13(15,16)17)19-20(10)7-8/h5-7H,1-4H3. The summed E-state index contributed by atoms with van der Waals surface area (Å²) in [6, 6.07) is 0.897. The van der Waals surface area contributed by atoms with Crippen LogP contribution in [0.25, 0.3) is 5.65 Å². The second-order valence-corrected chi connectivity index (χ2v) is 6.31. The van der Waals surface area contributed by atoms with Gasteiger partial charge in [-0.25, -0.2) is 9.50 Å². The first-order valence-corrected chi connectivity index (χ1v) is 6.78. The molecule has 1 fully saturated rings. The summed E-state index contributed by atoms with van der Waals surface area (Å²) in [6.45, 7) is 7.59. The smallest absolute Gasteiger partial charge is 0.399 e. The lowest BCUT2D eigenvalue weighted by Gasteiger charge is -2.32. The second kappa shape index (κ2) is 4.45. The van der Waals surface area contributed by atoms with E-state index < -0.39 is 30.2 Å². The monoisotopic (exact) mass is 313 g/mol. The number of fused-ring (bicyclic) bond motifs is 1. The lowest BCUT2D eigenvalue weighted by Crippen LogP contribution is -2.41. The SMILES string of the molecule is CC1(C)OB(c2cnc3cc(C(F)(F)F)nn3c2)OC1(C)C. The molecule has 0 radical (unpaired) electrons. The highest BCUT2D eigenvalue weighted by Gasteiger charge is 2.52. The van der Waals surface area contributed by atoms with Crippen molar-refractivity contribution in [2.45, 2.75) is 45.1 Å². The molecule has 2 aromatic rings. The van der Waals surface area contributed by atoms with Gasteiger partial charge >= 0.3 is 13.3 Å². The van der Waals surface area contributed by atoms with Gasteiger partial charge < -0.3 is 9.31 Å². The average Bonchev–Trinajstić information content (AvgIpc) is 2.87. The van der Waals surface area contributed by atoms with Crippen LogP contribution in [0.2, 0.25) is 0 Å². The number of hydrogen-bond acceptors (Lipinski definition) is 4. The number of nitrogens with zero attached hydrogens (tertiary/aromatic N) is 3. The summed E-state index contributed by atoms with van der Waals surface area (Å²) in [4.78, 5) is 4.00. The molecule has 0 aromatic carbocycles. The predicted octanol–water partition coefficient (Wildman–Crippen LogP) is 2.05. The van der Waals surface area contributed by atoms with E-state index in [0.717, 1.165) is 10.6 Å². The summed E-state index contributed by atoms with van der Waals surface area (Å²) in [5.41, 5.74) is -1.41. The minimum Gasteiger partial charge on any atom is -0.399 e. The molecule has 0 atom stereocenters. The summed E-state index contributed by atoms with van der Waals surface area (Å²) < 4.78 is 50.8. The van der Waals surface area contributed by atoms with Crippen LogP contribution in [0, 0.1) is 0 Å². The first-order chi connectivity index (χ1) is 9.99. The van der Waals surface area contributed by atoms with Crippen molar-refractivity contribution in [1.29, 1.82) is 0 Å². The third-order valence-electron chi connectivity index (χ3n) is 4.15. The molecule has 1 aliphatic heterocycles. The Kier molecular flexibility index (Phi) is 3.10. The molecule has 0 spiro atoms. The highest BCUT2D eigenvalue weighted by molar-refractivity contribution is 6.61. The van der Waals surface area contributed by atoms with Crippen LogP contribution in [0.15, 0.2) is 18.5 Å². The van der Waals surface area contributed by atoms with Crippen LogP contribution >= 0.6 is 0 Å². The van der Waals surface area contributed by atoms with Gasteiger partial charge in [0.15, 0.2) is 11.3 Å². The molecule has 0 aliphatic carbocycles. The van der Waals surface area contributed by atoms with Crippen molar-refractivity contribution in [2.75, 3.05) is 0 Å². The Morgan fingerprint density at radius 3 is 2.27 bits per heavy atom. The van der Waals surface area contributed by atoms with Gasteiger partial charge in [-0.3, -0.25) is 0 Å². The first-order valence-electron chi connectivity index (χ1n) is 6.78. The Morgan fingerprint density at radius 1 is 1.14 bits per heavy atom. The van der Waals surface area contributed by atoms with Gasteiger partial charge in [0.2, 0.25) is 0 Å². The molecule has 0 unspecified atom stereocenters. The first kappa shape index (κ1) is 15.3. The Bertz CT molecular complexity index is 711. The van der Waals surface area contributed by atoms with Crippen LogP contribution in [-0.4, -0.2) is 32.9 Å². The molecule has 1 aliphatic rings. The van der Waals surface area contributed by atoms with Crippen molar-refractivity contribution < 1.29 is 22.5 Å². The van der Waals surface area contributed by atoms with Gasteiger partial charge in [-0.05, 0) is 27.7 Å². The summed E-state index contributed by atoms with van der Waals surface area (Å²) in [6.07, 6.45) is -1.61. The average molecular weight is 313 g/mol. The van der Waals surface area contributed by atoms with E-state index in [1.165, 1.54) is 12.4 Å². The summed E-state index contributed by atoms with van der Waals surface area (Å²) in [7, 11) is -0.694. The van der Waals surface area contributed by atoms with E-state index in [0.29, 0.717) is 5.46 Å². The molecular formula is C13H15BF3N3O2. The van der Waals surface area contributed by atoms with Gasteiger partial charge in [0.25, 0.3) is 0 Å². The number of rotatable bonds is 1. The van der Waals surface area contributed by atoms with Gasteiger partial charge in [-0.2, -0.15) is 18.3 Å². The summed E-state index contributed by atoms with van der Waals surface area (Å²) in [5.74, 6) is 0. The molecule has 0 N–H and O–H groups in total. The molecule has 22 heavy (non-hydrogen) atoms. The molecule has 3 heterocycles. The van der Waals surface area contributed by atoms with Crippen LogP contribution in [0.1, 0.15) is 33.4 Å². The minimum absolute atomic E-state index is 0.118. The molecule has 9 heteroatoms. The van der Waals surface area contributed by atoms with Crippen molar-refractivity contribution in [3.05, 3.63) is 24.2 Å². The molecule has 0 amide bonds. The van der Waals surface area contributed by atoms with Crippen LogP contribution in [0.4, 0.5) is 13.2 Å². The van der Waals surface area contributed by atoms with Crippen molar-refractivity contribution >= 4 is 18.2 Å². The van der Waals surface area contributed by atoms with E-state index in [4.69, 9.17) is 9.31 Å². The van der Waals surface area contributed by atoms with E-state index >= 15 is 0 Å². The van der Waals surface area contributed by atoms with Gasteiger partial charge in [-0.15, -0.1) is 0 Å². The second-order valence-electron chi connectivity index (χ2n) is 6.31. The van der Waals surface area contributed by atoms with Gasteiger partial charge in [0.1, 0.15) is 0 Å². The zero-order valence-corrected chi connectivity index (χ0v) is 12.6. The van der Waals surface area contributed by atoms with Crippen LogP contribution in [-0.2, 0) is 15.5 Å². The fraction of sp³-hybridized carbons (Fsp3) is 0.538. The highest BCUT2D eigenvalue weighted by atomic mass is 19.4. The Balaban J connectivity index is 1.97. The molecular weight excluding hydrogens is 298 g/mol. The van der Waals surface area contributed by atoms with Crippen molar-refractivity contribution in [1.82, 2.24) is 14.6 Å². The molecule has 0 saturated carbocycles. The quantitative estimate of drug-likeness (QED) is 0.756. The Morgan fingerprint density at radius 2 is 1.73 bits per heavy atom. The number of alkyl halides is 3. The molecule has 0 bridgehead atoms. The van der Waals surface area contributed by atoms with Gasteiger partial charge in [0.05, 0.1) is 11.2 Å². The molecule has 118 valence electrons. The van der Waals surface area contributed by atoms with E-state index in [9.17, 15) is 13.2 Å². The van der Waals surface area contributed by atoms with E-state index in [1.54, 1.807) is 0 Å². The number of halogens is 3. The normalized spacial score (nSPS) is 20.8. The van der Waals surface area contributed by atoms with Crippen LogP contribution in [0.3, 0.4) is 0 Å². The summed E-state index contributed by atoms with van der Waals surface area (Å²) in [5, 5.41) is 3.51. The third-order valence-corrected chi connectivity index (χ3v) is 4.15. The maximum Gasteiger partial charge on any atom is 0.498 e. The lowest BCUT2D eigenvalue weighted by atomic mass is 9.81. The van der Waals surface area contributed by atoms with E-state index in [1.807, 2.05) is 27.7 Å². The zero-order valence-electron chi connectivity index (χ0n) is 12.6.